The van der Waals surface area contributed by atoms with Gasteiger partial charge in [-0.05, 0) is 41.1 Å². The molecule has 0 spiro atoms. The van der Waals surface area contributed by atoms with Crippen LogP contribution in [0.15, 0.2) is 54.7 Å². The first-order chi connectivity index (χ1) is 9.29. The van der Waals surface area contributed by atoms with Crippen molar-refractivity contribution < 1.29 is 4.39 Å². The Hall–Kier alpha value is -2.09. The van der Waals surface area contributed by atoms with Gasteiger partial charge >= 0.3 is 0 Å². The average molecular weight is 253 g/mol. The molecule has 2 aromatic carbocycles. The van der Waals surface area contributed by atoms with Gasteiger partial charge in [-0.15, -0.1) is 0 Å². The van der Waals surface area contributed by atoms with E-state index >= 15 is 0 Å². The summed E-state index contributed by atoms with van der Waals surface area (Å²) in [6, 6.07) is 15.7. The molecule has 1 unspecified atom stereocenters. The highest BCUT2D eigenvalue weighted by molar-refractivity contribution is 5.80. The van der Waals surface area contributed by atoms with Gasteiger partial charge < -0.3 is 4.98 Å². The van der Waals surface area contributed by atoms with Gasteiger partial charge in [0.1, 0.15) is 5.82 Å². The molecule has 0 saturated heterocycles. The summed E-state index contributed by atoms with van der Waals surface area (Å²) >= 11 is 0. The van der Waals surface area contributed by atoms with E-state index in [1.165, 1.54) is 5.56 Å². The van der Waals surface area contributed by atoms with E-state index in [1.54, 1.807) is 6.07 Å². The molecule has 3 rings (SSSR count). The van der Waals surface area contributed by atoms with Gasteiger partial charge in [0.2, 0.25) is 0 Å². The molecule has 1 nitrogen and oxygen atoms in total. The molecule has 0 fully saturated rings. The third-order valence-electron chi connectivity index (χ3n) is 3.66. The second-order valence-electron chi connectivity index (χ2n) is 4.81. The van der Waals surface area contributed by atoms with Crippen LogP contribution in [0.2, 0.25) is 0 Å². The lowest BCUT2D eigenvalue weighted by molar-refractivity contribution is 0.594. The van der Waals surface area contributed by atoms with Crippen molar-refractivity contribution in [1.82, 2.24) is 4.98 Å². The summed E-state index contributed by atoms with van der Waals surface area (Å²) in [5.41, 5.74) is 2.80. The summed E-state index contributed by atoms with van der Waals surface area (Å²) in [4.78, 5) is 3.04. The van der Waals surface area contributed by atoms with Crippen molar-refractivity contribution in [3.63, 3.8) is 0 Å². The van der Waals surface area contributed by atoms with Gasteiger partial charge in [0.05, 0.1) is 0 Å². The summed E-state index contributed by atoms with van der Waals surface area (Å²) < 4.78 is 14.3. The molecule has 96 valence electrons. The predicted octanol–water partition coefficient (Wildman–Crippen LogP) is 4.85. The third-order valence-corrected chi connectivity index (χ3v) is 3.66. The lowest BCUT2D eigenvalue weighted by Gasteiger charge is -2.17. The van der Waals surface area contributed by atoms with Crippen LogP contribution in [0, 0.1) is 5.82 Å². The van der Waals surface area contributed by atoms with Gasteiger partial charge in [-0.25, -0.2) is 4.39 Å². The Morgan fingerprint density at radius 2 is 1.89 bits per heavy atom. The first-order valence-corrected chi connectivity index (χ1v) is 6.61. The van der Waals surface area contributed by atoms with Crippen LogP contribution in [-0.2, 0) is 0 Å². The summed E-state index contributed by atoms with van der Waals surface area (Å²) in [6.45, 7) is 2.10. The van der Waals surface area contributed by atoms with Crippen molar-refractivity contribution in [2.75, 3.05) is 0 Å². The van der Waals surface area contributed by atoms with E-state index in [-0.39, 0.29) is 11.7 Å². The van der Waals surface area contributed by atoms with E-state index in [4.69, 9.17) is 0 Å². The molecule has 19 heavy (non-hydrogen) atoms. The van der Waals surface area contributed by atoms with Gasteiger partial charge in [0.15, 0.2) is 0 Å². The van der Waals surface area contributed by atoms with E-state index in [0.29, 0.717) is 0 Å². The Morgan fingerprint density at radius 1 is 1.11 bits per heavy atom. The third kappa shape index (κ3) is 2.14. The first-order valence-electron chi connectivity index (χ1n) is 6.61. The van der Waals surface area contributed by atoms with Gasteiger partial charge in [-0.3, -0.25) is 0 Å². The summed E-state index contributed by atoms with van der Waals surface area (Å²) in [7, 11) is 0. The number of halogens is 1. The molecule has 0 bridgehead atoms. The highest BCUT2D eigenvalue weighted by Crippen LogP contribution is 2.31. The van der Waals surface area contributed by atoms with Gasteiger partial charge in [0, 0.05) is 17.6 Å². The zero-order valence-corrected chi connectivity index (χ0v) is 10.9. The second-order valence-corrected chi connectivity index (χ2v) is 4.81. The van der Waals surface area contributed by atoms with Gasteiger partial charge in [0.25, 0.3) is 0 Å². The Bertz CT molecular complexity index is 685. The van der Waals surface area contributed by atoms with E-state index in [1.807, 2.05) is 36.5 Å². The molecule has 3 aromatic rings. The summed E-state index contributed by atoms with van der Waals surface area (Å²) in [6.07, 6.45) is 2.73. The van der Waals surface area contributed by atoms with E-state index in [9.17, 15) is 4.39 Å². The molecule has 1 heterocycles. The van der Waals surface area contributed by atoms with Crippen molar-refractivity contribution >= 4 is 10.9 Å². The Kier molecular flexibility index (Phi) is 3.08. The molecular formula is C17H16FN. The molecule has 0 aliphatic rings. The number of hydrogen-bond acceptors (Lipinski definition) is 0. The fraction of sp³-hybridized carbons (Fsp3) is 0.176. The maximum absolute atomic E-state index is 14.3. The van der Waals surface area contributed by atoms with E-state index in [0.717, 1.165) is 22.9 Å². The predicted molar refractivity (Wildman–Crippen MR) is 76.8 cm³/mol. The van der Waals surface area contributed by atoms with Gasteiger partial charge in [-0.1, -0.05) is 37.3 Å². The van der Waals surface area contributed by atoms with E-state index < -0.39 is 0 Å². The minimum absolute atomic E-state index is 0.112. The van der Waals surface area contributed by atoms with Crippen LogP contribution >= 0.6 is 0 Å². The Labute approximate surface area is 112 Å². The average Bonchev–Trinajstić information content (AvgIpc) is 2.88. The van der Waals surface area contributed by atoms with Crippen LogP contribution in [0.4, 0.5) is 4.39 Å². The fourth-order valence-electron chi connectivity index (χ4n) is 2.68. The lowest BCUT2D eigenvalue weighted by Crippen LogP contribution is -2.02. The van der Waals surface area contributed by atoms with Crippen LogP contribution in [0.25, 0.3) is 10.9 Å². The number of aromatic amines is 1. The monoisotopic (exact) mass is 253 g/mol. The van der Waals surface area contributed by atoms with Gasteiger partial charge in [-0.2, -0.15) is 0 Å². The largest absolute Gasteiger partial charge is 0.361 e. The molecule has 0 radical (unpaired) electrons. The highest BCUT2D eigenvalue weighted by atomic mass is 19.1. The van der Waals surface area contributed by atoms with Crippen LogP contribution in [0.3, 0.4) is 0 Å². The molecule has 1 N–H and O–H groups in total. The number of rotatable bonds is 3. The maximum Gasteiger partial charge on any atom is 0.129 e. The number of hydrogen-bond donors (Lipinski definition) is 1. The molecule has 0 aliphatic carbocycles. The lowest BCUT2D eigenvalue weighted by atomic mass is 9.88. The summed E-state index contributed by atoms with van der Waals surface area (Å²) in [5.74, 6) is -0.0221. The smallest absolute Gasteiger partial charge is 0.129 e. The number of H-pyrrole nitrogens is 1. The zero-order valence-electron chi connectivity index (χ0n) is 10.9. The quantitative estimate of drug-likeness (QED) is 0.686. The Morgan fingerprint density at radius 3 is 2.63 bits per heavy atom. The minimum Gasteiger partial charge on any atom is -0.361 e. The van der Waals surface area contributed by atoms with Crippen molar-refractivity contribution in [2.24, 2.45) is 0 Å². The molecule has 0 aliphatic heterocycles. The van der Waals surface area contributed by atoms with Crippen LogP contribution in [0.1, 0.15) is 30.4 Å². The van der Waals surface area contributed by atoms with Crippen LogP contribution in [0.5, 0.6) is 0 Å². The topological polar surface area (TPSA) is 15.8 Å². The highest BCUT2D eigenvalue weighted by Gasteiger charge is 2.17. The molecule has 1 atom stereocenters. The molecule has 0 amide bonds. The number of nitrogens with one attached hydrogen (secondary N) is 1. The molecular weight excluding hydrogens is 237 g/mol. The van der Waals surface area contributed by atoms with Crippen molar-refractivity contribution in [2.45, 2.75) is 19.3 Å². The van der Waals surface area contributed by atoms with Crippen LogP contribution < -0.4 is 0 Å². The second kappa shape index (κ2) is 4.88. The van der Waals surface area contributed by atoms with Crippen LogP contribution in [-0.4, -0.2) is 4.98 Å². The zero-order chi connectivity index (χ0) is 13.2. The molecule has 1 aromatic heterocycles. The number of fused-ring (bicyclic) bond motifs is 1. The maximum atomic E-state index is 14.3. The summed E-state index contributed by atoms with van der Waals surface area (Å²) in [5, 5.41) is 1.06. The van der Waals surface area contributed by atoms with Crippen molar-refractivity contribution in [1.29, 1.82) is 0 Å². The number of aromatic nitrogens is 1. The fourth-order valence-corrected chi connectivity index (χ4v) is 2.68. The Balaban J connectivity index is 2.13. The molecule has 2 heteroatoms. The molecule has 0 saturated carbocycles. The number of benzene rings is 2. The normalized spacial score (nSPS) is 12.7. The minimum atomic E-state index is -0.134. The van der Waals surface area contributed by atoms with Crippen molar-refractivity contribution in [3.05, 3.63) is 71.7 Å². The SMILES string of the molecule is CCC(c1ccccc1)c1cc2cc[nH]c2cc1F. The standard InChI is InChI=1S/C17H16FN/c1-2-14(12-6-4-3-5-7-12)15-10-13-8-9-19-17(13)11-16(15)18/h3-11,14,19H,2H2,1H3. The van der Waals surface area contributed by atoms with Crippen molar-refractivity contribution in [3.8, 4) is 0 Å². The van der Waals surface area contributed by atoms with E-state index in [2.05, 4.69) is 24.0 Å². The first kappa shape index (κ1) is 12.0.